The number of benzene rings is 1. The fraction of sp³-hybridized carbons (Fsp3) is 0.533. The number of aliphatic hydroxyl groups is 1. The average Bonchev–Trinajstić information content (AvgIpc) is 2.83. The van der Waals surface area contributed by atoms with Crippen molar-refractivity contribution in [2.24, 2.45) is 0 Å². The van der Waals surface area contributed by atoms with Gasteiger partial charge in [-0.05, 0) is 42.4 Å². The second-order valence-electron chi connectivity index (χ2n) is 4.95. The molecule has 1 atom stereocenters. The zero-order chi connectivity index (χ0) is 13.0. The fourth-order valence-corrected chi connectivity index (χ4v) is 2.44. The predicted molar refractivity (Wildman–Crippen MR) is 71.3 cm³/mol. The van der Waals surface area contributed by atoms with E-state index in [1.807, 2.05) is 13.0 Å². The predicted octanol–water partition coefficient (Wildman–Crippen LogP) is 2.12. The molecule has 0 heterocycles. The number of nitrogens with one attached hydrogen (secondary N) is 1. The lowest BCUT2D eigenvalue weighted by Crippen LogP contribution is -2.28. The van der Waals surface area contributed by atoms with Crippen LogP contribution in [-0.2, 0) is 17.6 Å². The molecule has 0 aromatic heterocycles. The van der Waals surface area contributed by atoms with Crippen LogP contribution in [0.25, 0.3) is 0 Å². The van der Waals surface area contributed by atoms with E-state index >= 15 is 0 Å². The Morgan fingerprint density at radius 1 is 1.39 bits per heavy atom. The number of fused-ring (bicyclic) bond motifs is 1. The van der Waals surface area contributed by atoms with Crippen LogP contribution in [0.3, 0.4) is 0 Å². The van der Waals surface area contributed by atoms with Crippen molar-refractivity contribution in [3.8, 4) is 0 Å². The third-order valence-corrected chi connectivity index (χ3v) is 3.48. The van der Waals surface area contributed by atoms with Gasteiger partial charge in [-0.25, -0.2) is 0 Å². The van der Waals surface area contributed by atoms with E-state index < -0.39 is 6.10 Å². The molecule has 2 N–H and O–H groups in total. The fourth-order valence-electron chi connectivity index (χ4n) is 2.44. The van der Waals surface area contributed by atoms with Gasteiger partial charge in [0.25, 0.3) is 0 Å². The van der Waals surface area contributed by atoms with E-state index in [9.17, 15) is 9.90 Å². The van der Waals surface area contributed by atoms with Crippen LogP contribution in [0.5, 0.6) is 0 Å². The third kappa shape index (κ3) is 3.10. The number of hydrogen-bond donors (Lipinski definition) is 2. The van der Waals surface area contributed by atoms with Gasteiger partial charge in [-0.2, -0.15) is 0 Å². The van der Waals surface area contributed by atoms with E-state index in [0.29, 0.717) is 13.0 Å². The quantitative estimate of drug-likeness (QED) is 0.837. The number of carbonyl (C=O) groups is 1. The normalized spacial score (nSPS) is 15.2. The first-order valence-electron chi connectivity index (χ1n) is 6.77. The van der Waals surface area contributed by atoms with Gasteiger partial charge in [-0.1, -0.05) is 25.1 Å². The summed E-state index contributed by atoms with van der Waals surface area (Å²) in [7, 11) is 0. The summed E-state index contributed by atoms with van der Waals surface area (Å²) in [6.45, 7) is 2.27. The zero-order valence-electron chi connectivity index (χ0n) is 10.9. The van der Waals surface area contributed by atoms with Crippen molar-refractivity contribution in [2.45, 2.75) is 45.1 Å². The summed E-state index contributed by atoms with van der Waals surface area (Å²) < 4.78 is 0. The van der Waals surface area contributed by atoms with E-state index in [1.165, 1.54) is 17.5 Å². The minimum Gasteiger partial charge on any atom is -0.387 e. The van der Waals surface area contributed by atoms with Crippen molar-refractivity contribution in [2.75, 3.05) is 6.54 Å². The van der Waals surface area contributed by atoms with E-state index in [4.69, 9.17) is 0 Å². The molecule has 0 aliphatic heterocycles. The summed E-state index contributed by atoms with van der Waals surface area (Å²) >= 11 is 0. The molecule has 0 saturated carbocycles. The highest BCUT2D eigenvalue weighted by Crippen LogP contribution is 2.25. The molecule has 2 rings (SSSR count). The molecule has 1 unspecified atom stereocenters. The summed E-state index contributed by atoms with van der Waals surface area (Å²) in [6, 6.07) is 6.16. The largest absolute Gasteiger partial charge is 0.387 e. The summed E-state index contributed by atoms with van der Waals surface area (Å²) in [4.78, 5) is 11.3. The Balaban J connectivity index is 1.92. The Hall–Kier alpha value is -1.35. The van der Waals surface area contributed by atoms with Crippen LogP contribution in [0, 0.1) is 0 Å². The monoisotopic (exact) mass is 247 g/mol. The van der Waals surface area contributed by atoms with Gasteiger partial charge < -0.3 is 10.4 Å². The smallest absolute Gasteiger partial charge is 0.220 e. The molecule has 0 bridgehead atoms. The molecule has 3 heteroatoms. The van der Waals surface area contributed by atoms with E-state index in [2.05, 4.69) is 17.4 Å². The van der Waals surface area contributed by atoms with Gasteiger partial charge in [0.05, 0.1) is 6.10 Å². The molecule has 1 aromatic rings. The maximum absolute atomic E-state index is 11.3. The van der Waals surface area contributed by atoms with Gasteiger partial charge in [0, 0.05) is 13.0 Å². The van der Waals surface area contributed by atoms with E-state index in [-0.39, 0.29) is 5.91 Å². The highest BCUT2D eigenvalue weighted by atomic mass is 16.3. The number of hydrogen-bond acceptors (Lipinski definition) is 2. The van der Waals surface area contributed by atoms with Gasteiger partial charge in [0.15, 0.2) is 0 Å². The Labute approximate surface area is 108 Å². The van der Waals surface area contributed by atoms with Crippen LogP contribution >= 0.6 is 0 Å². The van der Waals surface area contributed by atoms with Gasteiger partial charge in [0.2, 0.25) is 5.91 Å². The molecule has 0 saturated heterocycles. The van der Waals surface area contributed by atoms with E-state index in [0.717, 1.165) is 24.8 Å². The molecule has 0 radical (unpaired) electrons. The van der Waals surface area contributed by atoms with Crippen LogP contribution in [-0.4, -0.2) is 17.6 Å². The first-order chi connectivity index (χ1) is 8.70. The Bertz CT molecular complexity index is 429. The maximum Gasteiger partial charge on any atom is 0.220 e. The minimum atomic E-state index is -0.600. The molecule has 18 heavy (non-hydrogen) atoms. The first kappa shape index (κ1) is 13.1. The Kier molecular flexibility index (Phi) is 4.37. The number of aryl methyl sites for hydroxylation is 2. The number of carbonyl (C=O) groups excluding carboxylic acids is 1. The maximum atomic E-state index is 11.3. The average molecular weight is 247 g/mol. The van der Waals surface area contributed by atoms with Gasteiger partial charge in [0.1, 0.15) is 0 Å². The zero-order valence-corrected chi connectivity index (χ0v) is 10.9. The van der Waals surface area contributed by atoms with Gasteiger partial charge >= 0.3 is 0 Å². The first-order valence-corrected chi connectivity index (χ1v) is 6.77. The van der Waals surface area contributed by atoms with Crippen molar-refractivity contribution in [3.63, 3.8) is 0 Å². The van der Waals surface area contributed by atoms with Crippen LogP contribution in [0.1, 0.15) is 49.0 Å². The van der Waals surface area contributed by atoms with Gasteiger partial charge in [-0.3, -0.25) is 4.79 Å². The van der Waals surface area contributed by atoms with Crippen molar-refractivity contribution >= 4 is 5.91 Å². The lowest BCUT2D eigenvalue weighted by Gasteiger charge is -2.13. The van der Waals surface area contributed by atoms with Crippen molar-refractivity contribution in [1.82, 2.24) is 5.32 Å². The molecule has 1 amide bonds. The molecule has 1 aromatic carbocycles. The van der Waals surface area contributed by atoms with Crippen LogP contribution in [0.4, 0.5) is 0 Å². The summed E-state index contributed by atoms with van der Waals surface area (Å²) in [5.41, 5.74) is 3.67. The minimum absolute atomic E-state index is 0.0118. The molecule has 0 fully saturated rings. The van der Waals surface area contributed by atoms with Gasteiger partial charge in [-0.15, -0.1) is 0 Å². The summed E-state index contributed by atoms with van der Waals surface area (Å²) in [6.07, 6.45) is 4.23. The highest BCUT2D eigenvalue weighted by molar-refractivity contribution is 5.75. The Morgan fingerprint density at radius 2 is 2.17 bits per heavy atom. The molecule has 3 nitrogen and oxygen atoms in total. The van der Waals surface area contributed by atoms with Crippen molar-refractivity contribution in [1.29, 1.82) is 0 Å². The van der Waals surface area contributed by atoms with Crippen molar-refractivity contribution < 1.29 is 9.90 Å². The molecular formula is C15H21NO2. The lowest BCUT2D eigenvalue weighted by atomic mass is 10.0. The third-order valence-electron chi connectivity index (χ3n) is 3.48. The lowest BCUT2D eigenvalue weighted by molar-refractivity contribution is -0.121. The number of rotatable bonds is 5. The Morgan fingerprint density at radius 3 is 2.94 bits per heavy atom. The molecule has 1 aliphatic carbocycles. The second kappa shape index (κ2) is 6.01. The summed E-state index contributed by atoms with van der Waals surface area (Å²) in [5, 5.41) is 12.8. The SMILES string of the molecule is CCCC(=O)NCC(O)c1ccc2c(c1)CCC2. The molecule has 0 spiro atoms. The van der Waals surface area contributed by atoms with Crippen LogP contribution in [0.15, 0.2) is 18.2 Å². The van der Waals surface area contributed by atoms with Crippen LogP contribution in [0.2, 0.25) is 0 Å². The molecule has 98 valence electrons. The second-order valence-corrected chi connectivity index (χ2v) is 4.95. The topological polar surface area (TPSA) is 49.3 Å². The number of aliphatic hydroxyl groups excluding tert-OH is 1. The van der Waals surface area contributed by atoms with Crippen LogP contribution < -0.4 is 5.32 Å². The summed E-state index contributed by atoms with van der Waals surface area (Å²) in [5.74, 6) is 0.0118. The van der Waals surface area contributed by atoms with Crippen molar-refractivity contribution in [3.05, 3.63) is 34.9 Å². The van der Waals surface area contributed by atoms with E-state index in [1.54, 1.807) is 0 Å². The molecule has 1 aliphatic rings. The standard InChI is InChI=1S/C15H21NO2/c1-2-4-15(18)16-10-14(17)13-8-7-11-5-3-6-12(11)9-13/h7-9,14,17H,2-6,10H2,1H3,(H,16,18). The highest BCUT2D eigenvalue weighted by Gasteiger charge is 2.14. The number of amides is 1. The molecular weight excluding hydrogens is 226 g/mol.